The molecule has 0 atom stereocenters. The maximum absolute atomic E-state index is 12.6. The quantitative estimate of drug-likeness (QED) is 0.754. The highest BCUT2D eigenvalue weighted by atomic mass is 16.2. The zero-order valence-electron chi connectivity index (χ0n) is 13.3. The van der Waals surface area contributed by atoms with E-state index in [1.54, 1.807) is 28.7 Å². The van der Waals surface area contributed by atoms with Crippen molar-refractivity contribution in [3.05, 3.63) is 65.1 Å². The summed E-state index contributed by atoms with van der Waals surface area (Å²) in [5.41, 5.74) is 4.13. The molecule has 116 valence electrons. The number of amides is 1. The first kappa shape index (κ1) is 15.0. The second kappa shape index (κ2) is 5.68. The van der Waals surface area contributed by atoms with Gasteiger partial charge < -0.3 is 5.32 Å². The van der Waals surface area contributed by atoms with Crippen LogP contribution in [0.25, 0.3) is 5.65 Å². The lowest BCUT2D eigenvalue weighted by molar-refractivity contribution is 0.100. The van der Waals surface area contributed by atoms with E-state index in [-0.39, 0.29) is 11.7 Å². The highest BCUT2D eigenvalue weighted by Gasteiger charge is 2.17. The largest absolute Gasteiger partial charge is 0.321 e. The molecule has 0 spiro atoms. The molecule has 0 aliphatic heterocycles. The number of carbonyl (C=O) groups excluding carboxylic acids is 2. The summed E-state index contributed by atoms with van der Waals surface area (Å²) in [4.78, 5) is 28.5. The Balaban J connectivity index is 1.96. The minimum Gasteiger partial charge on any atom is -0.321 e. The van der Waals surface area contributed by atoms with Crippen LogP contribution in [0.3, 0.4) is 0 Å². The van der Waals surface area contributed by atoms with Crippen LogP contribution in [-0.2, 0) is 0 Å². The van der Waals surface area contributed by atoms with Crippen LogP contribution >= 0.6 is 0 Å². The molecule has 0 bridgehead atoms. The molecule has 1 N–H and O–H groups in total. The van der Waals surface area contributed by atoms with E-state index in [1.165, 1.54) is 6.92 Å². The molecule has 0 aliphatic carbocycles. The average Bonchev–Trinajstić information content (AvgIpc) is 2.82. The highest BCUT2D eigenvalue weighted by Crippen LogP contribution is 2.17. The van der Waals surface area contributed by atoms with Gasteiger partial charge in [0, 0.05) is 17.4 Å². The van der Waals surface area contributed by atoms with Gasteiger partial charge in [-0.3, -0.25) is 14.0 Å². The molecule has 5 nitrogen and oxygen atoms in total. The molecule has 0 saturated carbocycles. The summed E-state index contributed by atoms with van der Waals surface area (Å²) in [6.07, 6.45) is 1.84. The van der Waals surface area contributed by atoms with Gasteiger partial charge in [0.15, 0.2) is 5.78 Å². The Hall–Kier alpha value is -2.95. The summed E-state index contributed by atoms with van der Waals surface area (Å²) in [6, 6.07) is 10.8. The van der Waals surface area contributed by atoms with Crippen molar-refractivity contribution in [2.45, 2.75) is 20.8 Å². The van der Waals surface area contributed by atoms with Gasteiger partial charge in [0.1, 0.15) is 11.3 Å². The Kier molecular flexibility index (Phi) is 3.70. The summed E-state index contributed by atoms with van der Waals surface area (Å²) in [5, 5.41) is 2.84. The Morgan fingerprint density at radius 3 is 2.65 bits per heavy atom. The van der Waals surface area contributed by atoms with E-state index in [1.807, 2.05) is 32.2 Å². The van der Waals surface area contributed by atoms with Crippen molar-refractivity contribution in [2.75, 3.05) is 5.32 Å². The first-order valence-corrected chi connectivity index (χ1v) is 7.33. The first-order chi connectivity index (χ1) is 11.0. The van der Waals surface area contributed by atoms with Gasteiger partial charge in [-0.15, -0.1) is 0 Å². The molecule has 1 amide bonds. The number of fused-ring (bicyclic) bond motifs is 1. The molecule has 3 aromatic rings. The van der Waals surface area contributed by atoms with E-state index in [0.717, 1.165) is 11.2 Å². The summed E-state index contributed by atoms with van der Waals surface area (Å²) < 4.78 is 1.77. The van der Waals surface area contributed by atoms with Crippen molar-refractivity contribution in [3.8, 4) is 0 Å². The second-order valence-electron chi connectivity index (χ2n) is 5.57. The van der Waals surface area contributed by atoms with E-state index in [9.17, 15) is 9.59 Å². The topological polar surface area (TPSA) is 63.5 Å². The Bertz CT molecular complexity index is 925. The molecular formula is C18H17N3O2. The van der Waals surface area contributed by atoms with E-state index < -0.39 is 0 Å². The summed E-state index contributed by atoms with van der Waals surface area (Å²) in [5.74, 6) is -0.290. The minimum atomic E-state index is -0.250. The van der Waals surface area contributed by atoms with E-state index in [4.69, 9.17) is 0 Å². The number of nitrogens with zero attached hydrogens (tertiary/aromatic N) is 2. The number of anilines is 1. The zero-order valence-corrected chi connectivity index (χ0v) is 13.3. The van der Waals surface area contributed by atoms with Crippen LogP contribution in [0.15, 0.2) is 42.6 Å². The van der Waals surface area contributed by atoms with Gasteiger partial charge in [-0.2, -0.15) is 0 Å². The molecule has 23 heavy (non-hydrogen) atoms. The third kappa shape index (κ3) is 2.85. The van der Waals surface area contributed by atoms with Crippen LogP contribution in [0.1, 0.15) is 39.0 Å². The molecule has 2 heterocycles. The fraction of sp³-hybridized carbons (Fsp3) is 0.167. The molecule has 0 saturated heterocycles. The number of aryl methyl sites for hydroxylation is 2. The number of ketones is 1. The van der Waals surface area contributed by atoms with Gasteiger partial charge in [-0.05, 0) is 50.6 Å². The number of hydrogen-bond acceptors (Lipinski definition) is 3. The van der Waals surface area contributed by atoms with Crippen LogP contribution in [0, 0.1) is 13.8 Å². The van der Waals surface area contributed by atoms with Gasteiger partial charge in [0.05, 0.1) is 5.69 Å². The fourth-order valence-electron chi connectivity index (χ4n) is 2.54. The second-order valence-corrected chi connectivity index (χ2v) is 5.57. The summed E-state index contributed by atoms with van der Waals surface area (Å²) in [7, 11) is 0. The number of aromatic nitrogens is 2. The lowest BCUT2D eigenvalue weighted by atomic mass is 10.1. The Morgan fingerprint density at radius 1 is 1.13 bits per heavy atom. The molecule has 3 rings (SSSR count). The SMILES string of the molecule is CC(=O)c1cccc(NC(=O)c2c(C)nc3cc(C)ccn23)c1. The molecule has 0 radical (unpaired) electrons. The van der Waals surface area contributed by atoms with Crippen molar-refractivity contribution >= 4 is 23.0 Å². The van der Waals surface area contributed by atoms with Gasteiger partial charge in [0.2, 0.25) is 0 Å². The summed E-state index contributed by atoms with van der Waals surface area (Å²) >= 11 is 0. The number of benzene rings is 1. The van der Waals surface area contributed by atoms with Crippen molar-refractivity contribution in [1.29, 1.82) is 0 Å². The zero-order chi connectivity index (χ0) is 16.6. The van der Waals surface area contributed by atoms with Gasteiger partial charge in [0.25, 0.3) is 5.91 Å². The number of nitrogens with one attached hydrogen (secondary N) is 1. The lowest BCUT2D eigenvalue weighted by Gasteiger charge is -2.07. The van der Waals surface area contributed by atoms with Gasteiger partial charge >= 0.3 is 0 Å². The van der Waals surface area contributed by atoms with Crippen molar-refractivity contribution < 1.29 is 9.59 Å². The predicted octanol–water partition coefficient (Wildman–Crippen LogP) is 3.41. The Labute approximate surface area is 134 Å². The molecule has 0 aliphatic rings. The molecular weight excluding hydrogens is 290 g/mol. The average molecular weight is 307 g/mol. The Morgan fingerprint density at radius 2 is 1.91 bits per heavy atom. The third-order valence-electron chi connectivity index (χ3n) is 3.70. The number of imidazole rings is 1. The number of hydrogen-bond donors (Lipinski definition) is 1. The van der Waals surface area contributed by atoms with Crippen LogP contribution in [0.4, 0.5) is 5.69 Å². The monoisotopic (exact) mass is 307 g/mol. The normalized spacial score (nSPS) is 10.7. The molecule has 1 aromatic carbocycles. The van der Waals surface area contributed by atoms with Crippen molar-refractivity contribution in [1.82, 2.24) is 9.38 Å². The van der Waals surface area contributed by atoms with Crippen molar-refractivity contribution in [3.63, 3.8) is 0 Å². The van der Waals surface area contributed by atoms with Crippen LogP contribution in [0.5, 0.6) is 0 Å². The van der Waals surface area contributed by atoms with Gasteiger partial charge in [-0.25, -0.2) is 4.98 Å². The standard InChI is InChI=1S/C18H17N3O2/c1-11-7-8-21-16(9-11)19-12(2)17(21)18(23)20-15-6-4-5-14(10-15)13(3)22/h4-10H,1-3H3,(H,20,23). The first-order valence-electron chi connectivity index (χ1n) is 7.33. The van der Waals surface area contributed by atoms with Crippen LogP contribution in [0.2, 0.25) is 0 Å². The summed E-state index contributed by atoms with van der Waals surface area (Å²) in [6.45, 7) is 5.29. The van der Waals surface area contributed by atoms with Crippen LogP contribution < -0.4 is 5.32 Å². The molecule has 2 aromatic heterocycles. The van der Waals surface area contributed by atoms with Crippen LogP contribution in [-0.4, -0.2) is 21.1 Å². The third-order valence-corrected chi connectivity index (χ3v) is 3.70. The van der Waals surface area contributed by atoms with Crippen molar-refractivity contribution in [2.24, 2.45) is 0 Å². The molecule has 0 unspecified atom stereocenters. The van der Waals surface area contributed by atoms with E-state index >= 15 is 0 Å². The maximum atomic E-state index is 12.6. The highest BCUT2D eigenvalue weighted by molar-refractivity contribution is 6.05. The number of rotatable bonds is 3. The molecule has 5 heteroatoms. The fourth-order valence-corrected chi connectivity index (χ4v) is 2.54. The number of carbonyl (C=O) groups is 2. The lowest BCUT2D eigenvalue weighted by Crippen LogP contribution is -2.15. The minimum absolute atomic E-state index is 0.0393. The number of Topliss-reactive ketones (excluding diaryl/α,β-unsaturated/α-hetero) is 1. The van der Waals surface area contributed by atoms with E-state index in [0.29, 0.717) is 22.6 Å². The number of pyridine rings is 1. The van der Waals surface area contributed by atoms with E-state index in [2.05, 4.69) is 10.3 Å². The maximum Gasteiger partial charge on any atom is 0.274 e. The van der Waals surface area contributed by atoms with Gasteiger partial charge in [-0.1, -0.05) is 12.1 Å². The smallest absolute Gasteiger partial charge is 0.274 e. The predicted molar refractivity (Wildman–Crippen MR) is 89.1 cm³/mol. The molecule has 0 fully saturated rings.